The smallest absolute Gasteiger partial charge is 0.237 e. The topological polar surface area (TPSA) is 75.7 Å². The van der Waals surface area contributed by atoms with E-state index in [2.05, 4.69) is 4.72 Å². The molecule has 1 unspecified atom stereocenters. The van der Waals surface area contributed by atoms with Gasteiger partial charge in [0.05, 0.1) is 25.4 Å². The second kappa shape index (κ2) is 9.12. The minimum Gasteiger partial charge on any atom is -0.370 e. The number of sulfonamides is 1. The Kier molecular flexibility index (Phi) is 6.60. The van der Waals surface area contributed by atoms with E-state index in [1.807, 2.05) is 60.7 Å². The van der Waals surface area contributed by atoms with Crippen LogP contribution >= 0.6 is 0 Å². The summed E-state index contributed by atoms with van der Waals surface area (Å²) in [6.45, 7) is 1.10. The van der Waals surface area contributed by atoms with Crippen LogP contribution < -0.4 is 4.72 Å². The van der Waals surface area contributed by atoms with E-state index in [9.17, 15) is 13.2 Å². The Morgan fingerprint density at radius 1 is 1.07 bits per heavy atom. The predicted octanol–water partition coefficient (Wildman–Crippen LogP) is 1.75. The molecule has 1 saturated heterocycles. The quantitative estimate of drug-likeness (QED) is 0.784. The molecule has 1 aliphatic heterocycles. The molecule has 144 valence electrons. The van der Waals surface area contributed by atoms with Crippen LogP contribution in [0.5, 0.6) is 0 Å². The standard InChI is InChI=1S/C20H24N2O4S/c23-20(15-21-27(24,25)14-11-17-7-3-1-4-8-17)22-12-13-26-19(16-22)18-9-5-2-6-10-18/h1-10,19,21H,11-16H2. The molecule has 0 spiro atoms. The number of hydrogen-bond donors (Lipinski definition) is 1. The van der Waals surface area contributed by atoms with Crippen molar-refractivity contribution in [2.45, 2.75) is 12.5 Å². The summed E-state index contributed by atoms with van der Waals surface area (Å²) in [5.41, 5.74) is 1.96. The largest absolute Gasteiger partial charge is 0.370 e. The van der Waals surface area contributed by atoms with Crippen molar-refractivity contribution < 1.29 is 17.9 Å². The summed E-state index contributed by atoms with van der Waals surface area (Å²) in [7, 11) is -3.51. The van der Waals surface area contributed by atoms with E-state index in [0.717, 1.165) is 11.1 Å². The van der Waals surface area contributed by atoms with Crippen molar-refractivity contribution in [1.29, 1.82) is 0 Å². The Labute approximate surface area is 160 Å². The van der Waals surface area contributed by atoms with E-state index in [0.29, 0.717) is 26.1 Å². The fraction of sp³-hybridized carbons (Fsp3) is 0.350. The molecule has 0 bridgehead atoms. The summed E-state index contributed by atoms with van der Waals surface area (Å²) in [5.74, 6) is -0.275. The van der Waals surface area contributed by atoms with Crippen molar-refractivity contribution in [3.05, 3.63) is 71.8 Å². The molecule has 1 N–H and O–H groups in total. The van der Waals surface area contributed by atoms with Gasteiger partial charge in [-0.2, -0.15) is 0 Å². The number of amides is 1. The van der Waals surface area contributed by atoms with E-state index in [1.54, 1.807) is 4.90 Å². The van der Waals surface area contributed by atoms with Gasteiger partial charge in [0.1, 0.15) is 6.10 Å². The summed E-state index contributed by atoms with van der Waals surface area (Å²) in [4.78, 5) is 14.1. The third kappa shape index (κ3) is 5.89. The number of carbonyl (C=O) groups is 1. The number of nitrogens with zero attached hydrogens (tertiary/aromatic N) is 1. The number of carbonyl (C=O) groups excluding carboxylic acids is 1. The summed E-state index contributed by atoms with van der Waals surface area (Å²) in [6.07, 6.45) is 0.233. The van der Waals surface area contributed by atoms with Gasteiger partial charge in [0, 0.05) is 6.54 Å². The maximum Gasteiger partial charge on any atom is 0.237 e. The molecular weight excluding hydrogens is 364 g/mol. The zero-order valence-corrected chi connectivity index (χ0v) is 15.9. The Bertz CT molecular complexity index is 841. The lowest BCUT2D eigenvalue weighted by atomic mass is 10.1. The lowest BCUT2D eigenvalue weighted by Gasteiger charge is -2.33. The molecule has 1 fully saturated rings. The molecule has 6 nitrogen and oxygen atoms in total. The van der Waals surface area contributed by atoms with Gasteiger partial charge in [-0.3, -0.25) is 4.79 Å². The van der Waals surface area contributed by atoms with E-state index < -0.39 is 10.0 Å². The number of aryl methyl sites for hydroxylation is 1. The van der Waals surface area contributed by atoms with Gasteiger partial charge in [0.25, 0.3) is 0 Å². The lowest BCUT2D eigenvalue weighted by molar-refractivity contribution is -0.137. The monoisotopic (exact) mass is 388 g/mol. The van der Waals surface area contributed by atoms with Crippen LogP contribution in [-0.4, -0.2) is 51.2 Å². The number of morpholine rings is 1. The molecule has 0 saturated carbocycles. The molecule has 0 aliphatic carbocycles. The van der Waals surface area contributed by atoms with Crippen LogP contribution in [0.25, 0.3) is 0 Å². The highest BCUT2D eigenvalue weighted by molar-refractivity contribution is 7.89. The number of nitrogens with one attached hydrogen (secondary N) is 1. The second-order valence-electron chi connectivity index (χ2n) is 6.49. The molecular formula is C20H24N2O4S. The highest BCUT2D eigenvalue weighted by Gasteiger charge is 2.26. The number of rotatable bonds is 7. The van der Waals surface area contributed by atoms with Crippen molar-refractivity contribution in [1.82, 2.24) is 9.62 Å². The third-order valence-corrected chi connectivity index (χ3v) is 5.86. The van der Waals surface area contributed by atoms with Crippen molar-refractivity contribution in [3.8, 4) is 0 Å². The molecule has 0 radical (unpaired) electrons. The van der Waals surface area contributed by atoms with Gasteiger partial charge in [-0.25, -0.2) is 13.1 Å². The van der Waals surface area contributed by atoms with Crippen molar-refractivity contribution in [2.75, 3.05) is 32.0 Å². The molecule has 1 atom stereocenters. The Morgan fingerprint density at radius 3 is 2.44 bits per heavy atom. The molecule has 1 aliphatic rings. The van der Waals surface area contributed by atoms with Gasteiger partial charge < -0.3 is 9.64 Å². The van der Waals surface area contributed by atoms with Crippen molar-refractivity contribution in [3.63, 3.8) is 0 Å². The van der Waals surface area contributed by atoms with Gasteiger partial charge in [0.15, 0.2) is 0 Å². The fourth-order valence-electron chi connectivity index (χ4n) is 3.00. The first-order valence-corrected chi connectivity index (χ1v) is 10.6. The van der Waals surface area contributed by atoms with Crippen LogP contribution in [0.2, 0.25) is 0 Å². The number of ether oxygens (including phenoxy) is 1. The fourth-order valence-corrected chi connectivity index (χ4v) is 3.99. The number of hydrogen-bond acceptors (Lipinski definition) is 4. The average molecular weight is 388 g/mol. The molecule has 0 aromatic heterocycles. The maximum atomic E-state index is 12.4. The third-order valence-electron chi connectivity index (χ3n) is 4.54. The van der Waals surface area contributed by atoms with Crippen molar-refractivity contribution in [2.24, 2.45) is 0 Å². The van der Waals surface area contributed by atoms with Crippen LogP contribution in [0.15, 0.2) is 60.7 Å². The SMILES string of the molecule is O=C(CNS(=O)(=O)CCc1ccccc1)N1CCOC(c2ccccc2)C1. The zero-order valence-electron chi connectivity index (χ0n) is 15.1. The molecule has 1 heterocycles. The minimum absolute atomic E-state index is 0.0416. The minimum atomic E-state index is -3.51. The van der Waals surface area contributed by atoms with Crippen LogP contribution in [0.1, 0.15) is 17.2 Å². The number of benzene rings is 2. The van der Waals surface area contributed by atoms with Gasteiger partial charge in [-0.15, -0.1) is 0 Å². The van der Waals surface area contributed by atoms with Crippen LogP contribution in [-0.2, 0) is 26.0 Å². The Hall–Kier alpha value is -2.22. The zero-order chi connectivity index (χ0) is 19.1. The van der Waals surface area contributed by atoms with Crippen molar-refractivity contribution >= 4 is 15.9 Å². The summed E-state index contributed by atoms with van der Waals surface area (Å²) >= 11 is 0. The lowest BCUT2D eigenvalue weighted by Crippen LogP contribution is -2.46. The highest BCUT2D eigenvalue weighted by Crippen LogP contribution is 2.21. The van der Waals surface area contributed by atoms with E-state index in [-0.39, 0.29) is 24.3 Å². The first-order valence-electron chi connectivity index (χ1n) is 8.99. The van der Waals surface area contributed by atoms with E-state index >= 15 is 0 Å². The van der Waals surface area contributed by atoms with Gasteiger partial charge in [0.2, 0.25) is 15.9 Å². The van der Waals surface area contributed by atoms with Gasteiger partial charge in [-0.05, 0) is 17.5 Å². The van der Waals surface area contributed by atoms with Gasteiger partial charge >= 0.3 is 0 Å². The summed E-state index contributed by atoms with van der Waals surface area (Å²) in [6, 6.07) is 19.1. The highest BCUT2D eigenvalue weighted by atomic mass is 32.2. The molecule has 3 rings (SSSR count). The first kappa shape index (κ1) is 19.5. The molecule has 27 heavy (non-hydrogen) atoms. The molecule has 2 aromatic carbocycles. The van der Waals surface area contributed by atoms with Crippen LogP contribution in [0, 0.1) is 0 Å². The molecule has 2 aromatic rings. The summed E-state index contributed by atoms with van der Waals surface area (Å²) < 4.78 is 32.5. The molecule has 7 heteroatoms. The average Bonchev–Trinajstić information content (AvgIpc) is 2.72. The predicted molar refractivity (Wildman–Crippen MR) is 104 cm³/mol. The molecule has 1 amide bonds. The second-order valence-corrected chi connectivity index (χ2v) is 8.41. The van der Waals surface area contributed by atoms with E-state index in [1.165, 1.54) is 0 Å². The maximum absolute atomic E-state index is 12.4. The normalized spacial score (nSPS) is 17.6. The summed E-state index contributed by atoms with van der Waals surface area (Å²) in [5, 5.41) is 0. The van der Waals surface area contributed by atoms with E-state index in [4.69, 9.17) is 4.74 Å². The van der Waals surface area contributed by atoms with Gasteiger partial charge in [-0.1, -0.05) is 60.7 Å². The van der Waals surface area contributed by atoms with Crippen LogP contribution in [0.3, 0.4) is 0 Å². The first-order chi connectivity index (χ1) is 13.0. The Morgan fingerprint density at radius 2 is 1.74 bits per heavy atom. The Balaban J connectivity index is 1.49. The van der Waals surface area contributed by atoms with Crippen LogP contribution in [0.4, 0.5) is 0 Å².